The maximum absolute atomic E-state index is 12.8. The van der Waals surface area contributed by atoms with Crippen LogP contribution < -0.4 is 16.4 Å². The molecule has 0 saturated heterocycles. The van der Waals surface area contributed by atoms with E-state index in [-0.39, 0.29) is 22.4 Å². The molecule has 112 valence electrons. The number of nitrogens with one attached hydrogen (secondary N) is 2. The summed E-state index contributed by atoms with van der Waals surface area (Å²) in [5.41, 5.74) is 5.42. The highest BCUT2D eigenvalue weighted by atomic mass is 32.1. The lowest BCUT2D eigenvalue weighted by atomic mass is 10.2. The minimum atomic E-state index is -4.19. The molecule has 4 N–H and O–H groups in total. The van der Waals surface area contributed by atoms with Gasteiger partial charge in [0.25, 0.3) is 5.91 Å². The third kappa shape index (κ3) is 3.30. The fourth-order valence-corrected chi connectivity index (χ4v) is 2.11. The molecule has 1 aliphatic rings. The van der Waals surface area contributed by atoms with Crippen LogP contribution in [0.4, 0.5) is 28.4 Å². The Hall–Kier alpha value is -1.58. The Kier molecular flexibility index (Phi) is 4.02. The topological polar surface area (TPSA) is 80.0 Å². The SMILES string of the molecule is Nc1nsc(NCC(F)(F)C(F)F)c1C(=O)NC1CC1. The number of alkyl halides is 4. The van der Waals surface area contributed by atoms with Gasteiger partial charge in [0.2, 0.25) is 0 Å². The van der Waals surface area contributed by atoms with Crippen molar-refractivity contribution in [3.63, 3.8) is 0 Å². The molecule has 1 amide bonds. The Morgan fingerprint density at radius 1 is 1.50 bits per heavy atom. The number of hydrogen-bond donors (Lipinski definition) is 3. The maximum Gasteiger partial charge on any atom is 0.324 e. The molecule has 1 aliphatic carbocycles. The van der Waals surface area contributed by atoms with Crippen LogP contribution in [0.3, 0.4) is 0 Å². The second-order valence-electron chi connectivity index (χ2n) is 4.43. The normalized spacial score (nSPS) is 15.4. The molecular weight excluding hydrogens is 300 g/mol. The van der Waals surface area contributed by atoms with Gasteiger partial charge in [0, 0.05) is 6.04 Å². The van der Waals surface area contributed by atoms with Gasteiger partial charge in [-0.2, -0.15) is 13.2 Å². The van der Waals surface area contributed by atoms with Crippen molar-refractivity contribution in [1.82, 2.24) is 9.69 Å². The number of rotatable bonds is 6. The first-order valence-electron chi connectivity index (χ1n) is 5.77. The molecule has 10 heteroatoms. The first-order chi connectivity index (χ1) is 9.31. The largest absolute Gasteiger partial charge is 0.382 e. The van der Waals surface area contributed by atoms with Crippen molar-refractivity contribution in [2.24, 2.45) is 0 Å². The molecule has 0 atom stereocenters. The van der Waals surface area contributed by atoms with Gasteiger partial charge in [0.05, 0.1) is 6.54 Å². The van der Waals surface area contributed by atoms with Crippen LogP contribution in [0.15, 0.2) is 0 Å². The first-order valence-corrected chi connectivity index (χ1v) is 6.54. The van der Waals surface area contributed by atoms with Gasteiger partial charge in [-0.15, -0.1) is 0 Å². The van der Waals surface area contributed by atoms with Crippen LogP contribution in [-0.2, 0) is 0 Å². The van der Waals surface area contributed by atoms with Crippen molar-refractivity contribution >= 4 is 28.3 Å². The number of hydrogen-bond acceptors (Lipinski definition) is 5. The van der Waals surface area contributed by atoms with E-state index in [1.807, 2.05) is 0 Å². The third-order valence-corrected chi connectivity index (χ3v) is 3.48. The predicted octanol–water partition coefficient (Wildman–Crippen LogP) is 1.93. The summed E-state index contributed by atoms with van der Waals surface area (Å²) in [7, 11) is 0. The maximum atomic E-state index is 12.8. The van der Waals surface area contributed by atoms with Gasteiger partial charge in [-0.1, -0.05) is 0 Å². The van der Waals surface area contributed by atoms with Crippen LogP contribution in [0, 0.1) is 0 Å². The van der Waals surface area contributed by atoms with E-state index in [4.69, 9.17) is 5.73 Å². The second-order valence-corrected chi connectivity index (χ2v) is 5.21. The molecule has 0 unspecified atom stereocenters. The highest BCUT2D eigenvalue weighted by molar-refractivity contribution is 7.11. The Morgan fingerprint density at radius 3 is 2.70 bits per heavy atom. The summed E-state index contributed by atoms with van der Waals surface area (Å²) in [5, 5.41) is 4.70. The summed E-state index contributed by atoms with van der Waals surface area (Å²) in [4.78, 5) is 11.9. The van der Waals surface area contributed by atoms with E-state index in [1.165, 1.54) is 0 Å². The van der Waals surface area contributed by atoms with Crippen LogP contribution in [0.2, 0.25) is 0 Å². The number of halogens is 4. The zero-order valence-corrected chi connectivity index (χ0v) is 10.9. The summed E-state index contributed by atoms with van der Waals surface area (Å²) < 4.78 is 53.4. The van der Waals surface area contributed by atoms with Gasteiger partial charge in [-0.3, -0.25) is 4.79 Å². The zero-order chi connectivity index (χ0) is 14.9. The monoisotopic (exact) mass is 312 g/mol. The Balaban J connectivity index is 2.06. The van der Waals surface area contributed by atoms with Crippen molar-refractivity contribution < 1.29 is 22.4 Å². The van der Waals surface area contributed by atoms with E-state index in [0.717, 1.165) is 12.8 Å². The number of nitrogen functional groups attached to an aromatic ring is 1. The van der Waals surface area contributed by atoms with E-state index >= 15 is 0 Å². The lowest BCUT2D eigenvalue weighted by Crippen LogP contribution is -2.35. The minimum Gasteiger partial charge on any atom is -0.382 e. The van der Waals surface area contributed by atoms with Crippen molar-refractivity contribution in [2.75, 3.05) is 17.6 Å². The molecule has 5 nitrogen and oxygen atoms in total. The Morgan fingerprint density at radius 2 is 2.15 bits per heavy atom. The van der Waals surface area contributed by atoms with Gasteiger partial charge < -0.3 is 16.4 Å². The number of carbonyl (C=O) groups is 1. The molecule has 0 aliphatic heterocycles. The quantitative estimate of drug-likeness (QED) is 0.701. The molecule has 0 radical (unpaired) electrons. The van der Waals surface area contributed by atoms with E-state index < -0.39 is 24.8 Å². The van der Waals surface area contributed by atoms with Crippen molar-refractivity contribution in [1.29, 1.82) is 0 Å². The average molecular weight is 312 g/mol. The molecule has 0 bridgehead atoms. The molecule has 20 heavy (non-hydrogen) atoms. The number of aromatic nitrogens is 1. The summed E-state index contributed by atoms with van der Waals surface area (Å²) in [6.45, 7) is -1.30. The van der Waals surface area contributed by atoms with Crippen molar-refractivity contribution in [3.8, 4) is 0 Å². The molecule has 2 rings (SSSR count). The van der Waals surface area contributed by atoms with Crippen LogP contribution in [0.25, 0.3) is 0 Å². The lowest BCUT2D eigenvalue weighted by Gasteiger charge is -2.16. The summed E-state index contributed by atoms with van der Waals surface area (Å²) >= 11 is 0.679. The van der Waals surface area contributed by atoms with Crippen LogP contribution in [-0.4, -0.2) is 35.2 Å². The summed E-state index contributed by atoms with van der Waals surface area (Å²) in [5.74, 6) is -4.85. The molecule has 1 aromatic heterocycles. The van der Waals surface area contributed by atoms with E-state index in [9.17, 15) is 22.4 Å². The van der Waals surface area contributed by atoms with Gasteiger partial charge in [-0.25, -0.2) is 8.78 Å². The number of nitrogens with zero attached hydrogens (tertiary/aromatic N) is 1. The van der Waals surface area contributed by atoms with Crippen LogP contribution >= 0.6 is 11.5 Å². The number of nitrogens with two attached hydrogens (primary N) is 1. The molecule has 1 aromatic rings. The Labute approximate surface area is 115 Å². The molecule has 1 saturated carbocycles. The number of amides is 1. The third-order valence-electron chi connectivity index (χ3n) is 2.66. The molecule has 1 heterocycles. The van der Waals surface area contributed by atoms with Crippen molar-refractivity contribution in [2.45, 2.75) is 31.2 Å². The van der Waals surface area contributed by atoms with Crippen LogP contribution in [0.5, 0.6) is 0 Å². The van der Waals surface area contributed by atoms with Gasteiger partial charge in [0.15, 0.2) is 5.82 Å². The van der Waals surface area contributed by atoms with E-state index in [0.29, 0.717) is 11.5 Å². The zero-order valence-electron chi connectivity index (χ0n) is 10.1. The van der Waals surface area contributed by atoms with Gasteiger partial charge in [-0.05, 0) is 24.4 Å². The predicted molar refractivity (Wildman–Crippen MR) is 66.5 cm³/mol. The highest BCUT2D eigenvalue weighted by Crippen LogP contribution is 2.30. The van der Waals surface area contributed by atoms with Gasteiger partial charge >= 0.3 is 12.3 Å². The minimum absolute atomic E-state index is 0.0408. The first kappa shape index (κ1) is 14.8. The number of anilines is 2. The number of carbonyl (C=O) groups excluding carboxylic acids is 1. The molecule has 0 aromatic carbocycles. The molecule has 1 fully saturated rings. The highest BCUT2D eigenvalue weighted by Gasteiger charge is 2.41. The Bertz CT molecular complexity index is 503. The lowest BCUT2D eigenvalue weighted by molar-refractivity contribution is -0.117. The van der Waals surface area contributed by atoms with Gasteiger partial charge in [0.1, 0.15) is 10.6 Å². The van der Waals surface area contributed by atoms with E-state index in [1.54, 1.807) is 0 Å². The van der Waals surface area contributed by atoms with Crippen molar-refractivity contribution in [3.05, 3.63) is 5.56 Å². The smallest absolute Gasteiger partial charge is 0.324 e. The fraction of sp³-hybridized carbons (Fsp3) is 0.600. The summed E-state index contributed by atoms with van der Waals surface area (Å²) in [6, 6.07) is 0.0529. The molecule has 0 spiro atoms. The van der Waals surface area contributed by atoms with Crippen LogP contribution in [0.1, 0.15) is 23.2 Å². The fourth-order valence-electron chi connectivity index (χ4n) is 1.40. The average Bonchev–Trinajstić information content (AvgIpc) is 3.08. The standard InChI is InChI=1S/C10H12F4N4OS/c11-9(12)10(13,14)3-16-8-5(6(15)18-20-8)7(19)17-4-1-2-4/h4,9,16H,1-3H2,(H2,15,18)(H,17,19). The second kappa shape index (κ2) is 5.43. The van der Waals surface area contributed by atoms with E-state index in [2.05, 4.69) is 15.0 Å². The molecular formula is C10H12F4N4OS. The summed E-state index contributed by atoms with van der Waals surface area (Å²) in [6.07, 6.45) is -2.10.